The molecule has 0 aliphatic carbocycles. The van der Waals surface area contributed by atoms with Gasteiger partial charge in [-0.2, -0.15) is 0 Å². The zero-order chi connectivity index (χ0) is 23.9. The van der Waals surface area contributed by atoms with Crippen LogP contribution in [0.2, 0.25) is 0 Å². The Morgan fingerprint density at radius 2 is 1.47 bits per heavy atom. The number of aromatic nitrogens is 2. The van der Waals surface area contributed by atoms with Crippen LogP contribution in [0.15, 0.2) is 70.3 Å². The van der Waals surface area contributed by atoms with E-state index >= 15 is 0 Å². The van der Waals surface area contributed by atoms with Gasteiger partial charge in [0.05, 0.1) is 13.1 Å². The number of hydrogen-bond donors (Lipinski definition) is 2. The number of nitrogens with two attached hydrogens (primary N) is 1. The van der Waals surface area contributed by atoms with E-state index in [4.69, 9.17) is 5.73 Å². The van der Waals surface area contributed by atoms with Crippen LogP contribution in [0.25, 0.3) is 0 Å². The van der Waals surface area contributed by atoms with Crippen molar-refractivity contribution >= 4 is 17.4 Å². The molecule has 178 valence electrons. The lowest BCUT2D eigenvalue weighted by atomic mass is 10.2. The number of amides is 1. The summed E-state index contributed by atoms with van der Waals surface area (Å²) in [4.78, 5) is 44.9. The second-order valence-corrected chi connectivity index (χ2v) is 8.70. The van der Waals surface area contributed by atoms with Gasteiger partial charge in [0, 0.05) is 19.6 Å². The molecular weight excluding hydrogens is 430 g/mol. The van der Waals surface area contributed by atoms with Crippen LogP contribution in [0.1, 0.15) is 36.8 Å². The van der Waals surface area contributed by atoms with Crippen molar-refractivity contribution in [3.05, 3.63) is 92.6 Å². The Kier molecular flexibility index (Phi) is 7.47. The van der Waals surface area contributed by atoms with Gasteiger partial charge in [-0.1, -0.05) is 73.5 Å². The third-order valence-corrected chi connectivity index (χ3v) is 6.21. The van der Waals surface area contributed by atoms with Gasteiger partial charge in [0.25, 0.3) is 5.56 Å². The van der Waals surface area contributed by atoms with E-state index in [9.17, 15) is 14.4 Å². The van der Waals surface area contributed by atoms with Crippen molar-refractivity contribution in [3.63, 3.8) is 0 Å². The van der Waals surface area contributed by atoms with Crippen LogP contribution in [0, 0.1) is 0 Å². The lowest BCUT2D eigenvalue weighted by molar-refractivity contribution is -0.129. The summed E-state index contributed by atoms with van der Waals surface area (Å²) in [6.45, 7) is 1.98. The smallest absolute Gasteiger partial charge is 0.330 e. The van der Waals surface area contributed by atoms with Crippen LogP contribution >= 0.6 is 0 Å². The van der Waals surface area contributed by atoms with Crippen molar-refractivity contribution < 1.29 is 4.79 Å². The lowest BCUT2D eigenvalue weighted by Crippen LogP contribution is -2.44. The van der Waals surface area contributed by atoms with Gasteiger partial charge < -0.3 is 15.5 Å². The van der Waals surface area contributed by atoms with Gasteiger partial charge in [0.15, 0.2) is 0 Å². The van der Waals surface area contributed by atoms with Gasteiger partial charge >= 0.3 is 5.69 Å². The van der Waals surface area contributed by atoms with Crippen LogP contribution in [0.4, 0.5) is 11.5 Å². The molecular formula is C26H31N5O3. The van der Waals surface area contributed by atoms with E-state index in [0.717, 1.165) is 49.9 Å². The maximum Gasteiger partial charge on any atom is 0.330 e. The number of benzene rings is 2. The highest BCUT2D eigenvalue weighted by Gasteiger charge is 2.24. The summed E-state index contributed by atoms with van der Waals surface area (Å²) in [7, 11) is 0. The van der Waals surface area contributed by atoms with E-state index < -0.39 is 11.2 Å². The van der Waals surface area contributed by atoms with Gasteiger partial charge in [0.2, 0.25) is 5.91 Å². The molecule has 3 aromatic rings. The first-order valence-corrected chi connectivity index (χ1v) is 11.8. The van der Waals surface area contributed by atoms with Crippen LogP contribution in [-0.2, 0) is 17.9 Å². The van der Waals surface area contributed by atoms with E-state index in [1.165, 1.54) is 4.57 Å². The summed E-state index contributed by atoms with van der Waals surface area (Å²) >= 11 is 0. The number of nitrogen functional groups attached to an aromatic ring is 1. The Bertz CT molecular complexity index is 1210. The molecule has 0 atom stereocenters. The Hall–Kier alpha value is -3.81. The first-order chi connectivity index (χ1) is 16.5. The number of nitrogens with one attached hydrogen (secondary N) is 1. The molecule has 1 amide bonds. The summed E-state index contributed by atoms with van der Waals surface area (Å²) in [6.07, 6.45) is 4.20. The van der Waals surface area contributed by atoms with Gasteiger partial charge in [-0.05, 0) is 24.0 Å². The number of likely N-dealkylation sites (tertiary alicyclic amines) is 1. The molecule has 1 aliphatic heterocycles. The fourth-order valence-electron chi connectivity index (χ4n) is 4.41. The molecule has 1 saturated heterocycles. The highest BCUT2D eigenvalue weighted by Crippen LogP contribution is 2.21. The molecule has 0 saturated carbocycles. The number of hydrogen-bond acceptors (Lipinski definition) is 5. The molecule has 0 radical (unpaired) electrons. The molecule has 0 unspecified atom stereocenters. The molecule has 1 aromatic heterocycles. The van der Waals surface area contributed by atoms with Gasteiger partial charge in [0.1, 0.15) is 11.5 Å². The van der Waals surface area contributed by atoms with Crippen LogP contribution < -0.4 is 21.9 Å². The fraction of sp³-hybridized carbons (Fsp3) is 0.346. The quantitative estimate of drug-likeness (QED) is 0.563. The minimum Gasteiger partial charge on any atom is -0.383 e. The summed E-state index contributed by atoms with van der Waals surface area (Å²) in [5.41, 5.74) is 7.23. The van der Waals surface area contributed by atoms with Crippen molar-refractivity contribution in [2.24, 2.45) is 0 Å². The summed E-state index contributed by atoms with van der Waals surface area (Å²) in [5.74, 6) is 0.00893. The number of anilines is 2. The van der Waals surface area contributed by atoms with Gasteiger partial charge in [-0.15, -0.1) is 0 Å². The van der Waals surface area contributed by atoms with Crippen molar-refractivity contribution in [3.8, 4) is 0 Å². The van der Waals surface area contributed by atoms with Crippen molar-refractivity contribution in [2.45, 2.75) is 38.8 Å². The highest BCUT2D eigenvalue weighted by atomic mass is 16.2. The molecule has 4 rings (SSSR count). The average molecular weight is 462 g/mol. The Balaban J connectivity index is 1.71. The van der Waals surface area contributed by atoms with E-state index in [1.807, 2.05) is 65.6 Å². The second kappa shape index (κ2) is 10.9. The zero-order valence-electron chi connectivity index (χ0n) is 19.3. The average Bonchev–Trinajstić information content (AvgIpc) is 3.13. The maximum absolute atomic E-state index is 13.3. The zero-order valence-corrected chi connectivity index (χ0v) is 19.3. The third kappa shape index (κ3) is 5.57. The normalized spacial score (nSPS) is 13.9. The molecule has 1 fully saturated rings. The molecule has 0 bridgehead atoms. The Morgan fingerprint density at radius 3 is 2.09 bits per heavy atom. The number of carbonyl (C=O) groups is 1. The van der Waals surface area contributed by atoms with Crippen molar-refractivity contribution in [2.75, 3.05) is 30.3 Å². The molecule has 8 heteroatoms. The number of nitrogens with zero attached hydrogens (tertiary/aromatic N) is 3. The molecule has 34 heavy (non-hydrogen) atoms. The minimum absolute atomic E-state index is 0.00567. The van der Waals surface area contributed by atoms with E-state index in [-0.39, 0.29) is 30.5 Å². The molecule has 1 aliphatic rings. The summed E-state index contributed by atoms with van der Waals surface area (Å²) < 4.78 is 1.35. The lowest BCUT2D eigenvalue weighted by Gasteiger charge is -2.29. The van der Waals surface area contributed by atoms with E-state index in [2.05, 4.69) is 4.98 Å². The summed E-state index contributed by atoms with van der Waals surface area (Å²) in [5, 5.41) is 0. The molecule has 3 N–H and O–H groups in total. The highest BCUT2D eigenvalue weighted by molar-refractivity contribution is 5.82. The minimum atomic E-state index is -0.591. The molecule has 2 heterocycles. The maximum atomic E-state index is 13.3. The monoisotopic (exact) mass is 461 g/mol. The van der Waals surface area contributed by atoms with E-state index in [0.29, 0.717) is 6.54 Å². The Morgan fingerprint density at radius 1 is 0.882 bits per heavy atom. The van der Waals surface area contributed by atoms with Gasteiger partial charge in [-0.3, -0.25) is 19.1 Å². The van der Waals surface area contributed by atoms with Gasteiger partial charge in [-0.25, -0.2) is 4.79 Å². The molecule has 8 nitrogen and oxygen atoms in total. The standard InChI is InChI=1S/C26H31N5O3/c27-24-23(25(33)28-26(34)31(24)18-21-13-7-4-8-14-21)30(17-20-11-5-3-6-12-20)19-22(32)29-15-9-1-2-10-16-29/h3-8,11-14H,1-2,9-10,15-19,27H2,(H,28,33,34). The number of carbonyl (C=O) groups excluding carboxylic acids is 1. The van der Waals surface area contributed by atoms with E-state index in [1.54, 1.807) is 4.90 Å². The topological polar surface area (TPSA) is 104 Å². The Labute approximate surface area is 198 Å². The first kappa shape index (κ1) is 23.4. The van der Waals surface area contributed by atoms with Crippen LogP contribution in [-0.4, -0.2) is 40.0 Å². The van der Waals surface area contributed by atoms with Crippen LogP contribution in [0.5, 0.6) is 0 Å². The number of H-pyrrole nitrogens is 1. The predicted molar refractivity (Wildman–Crippen MR) is 134 cm³/mol. The fourth-order valence-corrected chi connectivity index (χ4v) is 4.41. The summed E-state index contributed by atoms with van der Waals surface area (Å²) in [6, 6.07) is 19.0. The molecule has 0 spiro atoms. The van der Waals surface area contributed by atoms with Crippen molar-refractivity contribution in [1.29, 1.82) is 0 Å². The third-order valence-electron chi connectivity index (χ3n) is 6.21. The largest absolute Gasteiger partial charge is 0.383 e. The van der Waals surface area contributed by atoms with Crippen LogP contribution in [0.3, 0.4) is 0 Å². The number of aromatic amines is 1. The molecule has 2 aromatic carbocycles. The SMILES string of the molecule is Nc1c(N(CC(=O)N2CCCCCC2)Cc2ccccc2)c(=O)[nH]c(=O)n1Cc1ccccc1. The predicted octanol–water partition coefficient (Wildman–Crippen LogP) is 2.58. The second-order valence-electron chi connectivity index (χ2n) is 8.70. The first-order valence-electron chi connectivity index (χ1n) is 11.8. The van der Waals surface area contributed by atoms with Crippen molar-refractivity contribution in [1.82, 2.24) is 14.5 Å². The number of rotatable bonds is 7.